The molecule has 3 aromatic rings. The third-order valence-corrected chi connectivity index (χ3v) is 6.89. The summed E-state index contributed by atoms with van der Waals surface area (Å²) in [7, 11) is -3.91. The van der Waals surface area contributed by atoms with Crippen molar-refractivity contribution in [1.82, 2.24) is 5.32 Å². The molecule has 0 fully saturated rings. The van der Waals surface area contributed by atoms with E-state index in [-0.39, 0.29) is 32.2 Å². The van der Waals surface area contributed by atoms with Crippen LogP contribution in [0.4, 0.5) is 10.1 Å². The van der Waals surface area contributed by atoms with Crippen molar-refractivity contribution in [1.29, 1.82) is 0 Å². The molecule has 4 rings (SSSR count). The maximum Gasteiger partial charge on any atom is 0.261 e. The minimum absolute atomic E-state index is 0.0432. The lowest BCUT2D eigenvalue weighted by Crippen LogP contribution is -2.30. The van der Waals surface area contributed by atoms with Gasteiger partial charge in [-0.05, 0) is 52.3 Å². The van der Waals surface area contributed by atoms with Crippen molar-refractivity contribution in [3.8, 4) is 5.75 Å². The SMILES string of the molecule is O=C(NC1COc2cc(F)c(Br)cc21)c1cc(Cl)ccc1NS(=O)(=O)c1ccccc1. The topological polar surface area (TPSA) is 84.5 Å². The van der Waals surface area contributed by atoms with Crippen molar-refractivity contribution in [2.75, 3.05) is 11.3 Å². The fraction of sp³-hybridized carbons (Fsp3) is 0.0952. The van der Waals surface area contributed by atoms with E-state index >= 15 is 0 Å². The van der Waals surface area contributed by atoms with E-state index in [4.69, 9.17) is 16.3 Å². The third-order valence-electron chi connectivity index (χ3n) is 4.66. The Morgan fingerprint density at radius 1 is 1.13 bits per heavy atom. The van der Waals surface area contributed by atoms with Gasteiger partial charge in [-0.1, -0.05) is 29.8 Å². The molecule has 0 spiro atoms. The number of carbonyl (C=O) groups excluding carboxylic acids is 1. The number of sulfonamides is 1. The van der Waals surface area contributed by atoms with Crippen LogP contribution in [0.25, 0.3) is 0 Å². The van der Waals surface area contributed by atoms with Crippen LogP contribution in [-0.2, 0) is 10.0 Å². The number of amides is 1. The van der Waals surface area contributed by atoms with E-state index in [1.54, 1.807) is 24.3 Å². The van der Waals surface area contributed by atoms with Gasteiger partial charge in [-0.3, -0.25) is 9.52 Å². The van der Waals surface area contributed by atoms with E-state index in [2.05, 4.69) is 26.0 Å². The van der Waals surface area contributed by atoms with Crippen molar-refractivity contribution in [2.24, 2.45) is 0 Å². The summed E-state index contributed by atoms with van der Waals surface area (Å²) in [6.45, 7) is 0.114. The zero-order valence-electron chi connectivity index (χ0n) is 15.7. The summed E-state index contributed by atoms with van der Waals surface area (Å²) < 4.78 is 47.3. The maximum atomic E-state index is 13.7. The Labute approximate surface area is 191 Å². The number of nitrogens with one attached hydrogen (secondary N) is 2. The molecule has 0 aromatic heterocycles. The number of rotatable bonds is 5. The summed E-state index contributed by atoms with van der Waals surface area (Å²) in [5, 5.41) is 3.06. The lowest BCUT2D eigenvalue weighted by molar-refractivity contribution is 0.0931. The first-order valence-electron chi connectivity index (χ1n) is 9.04. The molecule has 1 unspecified atom stereocenters. The van der Waals surface area contributed by atoms with E-state index in [1.807, 2.05) is 0 Å². The Morgan fingerprint density at radius 3 is 2.61 bits per heavy atom. The van der Waals surface area contributed by atoms with Gasteiger partial charge in [-0.2, -0.15) is 0 Å². The highest BCUT2D eigenvalue weighted by molar-refractivity contribution is 9.10. The van der Waals surface area contributed by atoms with Crippen LogP contribution in [0.3, 0.4) is 0 Å². The standard InChI is InChI=1S/C21H15BrClFN2O4S/c22-16-9-14-19(11-30-20(14)10-17(16)24)25-21(27)15-8-12(23)6-7-18(15)26-31(28,29)13-4-2-1-3-5-13/h1-10,19,26H,11H2,(H,25,27). The van der Waals surface area contributed by atoms with E-state index < -0.39 is 27.8 Å². The van der Waals surface area contributed by atoms with Gasteiger partial charge in [-0.15, -0.1) is 0 Å². The lowest BCUT2D eigenvalue weighted by Gasteiger charge is -2.16. The molecule has 6 nitrogen and oxygen atoms in total. The Hall–Kier alpha value is -2.62. The van der Waals surface area contributed by atoms with Crippen LogP contribution in [-0.4, -0.2) is 20.9 Å². The predicted octanol–water partition coefficient (Wildman–Crippen LogP) is 4.91. The van der Waals surface area contributed by atoms with Gasteiger partial charge >= 0.3 is 0 Å². The Bertz CT molecular complexity index is 1270. The van der Waals surface area contributed by atoms with Crippen molar-refractivity contribution in [3.05, 3.63) is 87.1 Å². The van der Waals surface area contributed by atoms with Crippen LogP contribution < -0.4 is 14.8 Å². The molecule has 1 heterocycles. The van der Waals surface area contributed by atoms with Crippen LogP contribution in [0.5, 0.6) is 5.75 Å². The first-order valence-corrected chi connectivity index (χ1v) is 11.7. The Balaban J connectivity index is 1.62. The monoisotopic (exact) mass is 524 g/mol. The summed E-state index contributed by atoms with van der Waals surface area (Å²) in [6.07, 6.45) is 0. The van der Waals surface area contributed by atoms with Gasteiger partial charge in [0.25, 0.3) is 15.9 Å². The molecule has 0 saturated heterocycles. The third kappa shape index (κ3) is 4.53. The van der Waals surface area contributed by atoms with E-state index in [1.165, 1.54) is 36.4 Å². The van der Waals surface area contributed by atoms with E-state index in [0.717, 1.165) is 0 Å². The highest BCUT2D eigenvalue weighted by atomic mass is 79.9. The number of fused-ring (bicyclic) bond motifs is 1. The molecule has 0 aliphatic carbocycles. The van der Waals surface area contributed by atoms with Gasteiger partial charge in [0.1, 0.15) is 18.2 Å². The first kappa shape index (κ1) is 21.6. The lowest BCUT2D eigenvalue weighted by atomic mass is 10.1. The summed E-state index contributed by atoms with van der Waals surface area (Å²) in [4.78, 5) is 13.1. The summed E-state index contributed by atoms with van der Waals surface area (Å²) in [6, 6.07) is 14.3. The highest BCUT2D eigenvalue weighted by Crippen LogP contribution is 2.36. The molecule has 2 N–H and O–H groups in total. The van der Waals surface area contributed by atoms with E-state index in [0.29, 0.717) is 11.3 Å². The Kier molecular flexibility index (Phi) is 5.92. The van der Waals surface area contributed by atoms with Gasteiger partial charge in [-0.25, -0.2) is 12.8 Å². The second kappa shape index (κ2) is 8.49. The van der Waals surface area contributed by atoms with Gasteiger partial charge < -0.3 is 10.1 Å². The first-order chi connectivity index (χ1) is 14.7. The number of hydrogen-bond acceptors (Lipinski definition) is 4. The summed E-state index contributed by atoms with van der Waals surface area (Å²) >= 11 is 9.18. The molecular weight excluding hydrogens is 511 g/mol. The quantitative estimate of drug-likeness (QED) is 0.496. The predicted molar refractivity (Wildman–Crippen MR) is 119 cm³/mol. The van der Waals surface area contributed by atoms with Crippen LogP contribution in [0.2, 0.25) is 5.02 Å². The molecular formula is C21H15BrClFN2O4S. The number of hydrogen-bond donors (Lipinski definition) is 2. The van der Waals surface area contributed by atoms with Crippen LogP contribution >= 0.6 is 27.5 Å². The summed E-state index contributed by atoms with van der Waals surface area (Å²) in [5.74, 6) is -0.699. The molecule has 3 aromatic carbocycles. The number of carbonyl (C=O) groups is 1. The summed E-state index contributed by atoms with van der Waals surface area (Å²) in [5.41, 5.74) is 0.724. The van der Waals surface area contributed by atoms with Crippen molar-refractivity contribution in [3.63, 3.8) is 0 Å². The molecule has 160 valence electrons. The average molecular weight is 526 g/mol. The zero-order chi connectivity index (χ0) is 22.2. The van der Waals surface area contributed by atoms with Gasteiger partial charge in [0.05, 0.1) is 26.7 Å². The zero-order valence-corrected chi connectivity index (χ0v) is 18.9. The van der Waals surface area contributed by atoms with E-state index in [9.17, 15) is 17.6 Å². The van der Waals surface area contributed by atoms with Crippen molar-refractivity contribution in [2.45, 2.75) is 10.9 Å². The number of anilines is 1. The molecule has 0 bridgehead atoms. The number of benzene rings is 3. The van der Waals surface area contributed by atoms with Crippen molar-refractivity contribution >= 4 is 49.1 Å². The molecule has 1 aliphatic heterocycles. The second-order valence-corrected chi connectivity index (χ2v) is 9.72. The van der Waals surface area contributed by atoms with Gasteiger partial charge in [0.2, 0.25) is 0 Å². The number of halogens is 3. The maximum absolute atomic E-state index is 13.7. The fourth-order valence-corrected chi connectivity index (χ4v) is 4.79. The van der Waals surface area contributed by atoms with Gasteiger partial charge in [0, 0.05) is 16.7 Å². The second-order valence-electron chi connectivity index (χ2n) is 6.75. The average Bonchev–Trinajstić information content (AvgIpc) is 3.11. The van der Waals surface area contributed by atoms with Crippen LogP contribution in [0.1, 0.15) is 22.0 Å². The smallest absolute Gasteiger partial charge is 0.261 e. The Morgan fingerprint density at radius 2 is 1.87 bits per heavy atom. The fourth-order valence-electron chi connectivity index (χ4n) is 3.16. The molecule has 10 heteroatoms. The molecule has 0 saturated carbocycles. The largest absolute Gasteiger partial charge is 0.491 e. The van der Waals surface area contributed by atoms with Gasteiger partial charge in [0.15, 0.2) is 0 Å². The normalized spacial score (nSPS) is 15.1. The molecule has 0 radical (unpaired) electrons. The van der Waals surface area contributed by atoms with Crippen LogP contribution in [0, 0.1) is 5.82 Å². The minimum atomic E-state index is -3.91. The molecule has 1 aliphatic rings. The van der Waals surface area contributed by atoms with Crippen LogP contribution in [0.15, 0.2) is 70.0 Å². The molecule has 1 amide bonds. The highest BCUT2D eigenvalue weighted by Gasteiger charge is 2.29. The van der Waals surface area contributed by atoms with Crippen molar-refractivity contribution < 1.29 is 22.3 Å². The molecule has 1 atom stereocenters. The minimum Gasteiger partial charge on any atom is -0.491 e. The molecule has 31 heavy (non-hydrogen) atoms. The number of ether oxygens (including phenoxy) is 1.